The minimum atomic E-state index is -0.488. The maximum atomic E-state index is 12.5. The highest BCUT2D eigenvalue weighted by molar-refractivity contribution is 9.10. The van der Waals surface area contributed by atoms with Crippen molar-refractivity contribution in [3.8, 4) is 0 Å². The molecule has 9 heteroatoms. The largest absolute Gasteiger partial charge is 0.286 e. The molecule has 0 bridgehead atoms. The molecule has 2 aromatic rings. The van der Waals surface area contributed by atoms with Gasteiger partial charge in [0.2, 0.25) is 0 Å². The molecule has 1 fully saturated rings. The normalized spacial score (nSPS) is 16.0. The highest BCUT2D eigenvalue weighted by atomic mass is 79.9. The molecule has 0 unspecified atom stereocenters. The molecule has 26 heavy (non-hydrogen) atoms. The molecule has 1 amide bonds. The van der Waals surface area contributed by atoms with Crippen LogP contribution in [-0.2, 0) is 4.79 Å². The van der Waals surface area contributed by atoms with Crippen LogP contribution in [0.25, 0.3) is 6.08 Å². The third kappa shape index (κ3) is 4.24. The van der Waals surface area contributed by atoms with E-state index in [2.05, 4.69) is 21.0 Å². The molecule has 130 valence electrons. The number of nitro benzene ring substituents is 1. The summed E-state index contributed by atoms with van der Waals surface area (Å²) in [6.07, 6.45) is 3.12. The summed E-state index contributed by atoms with van der Waals surface area (Å²) >= 11 is 9.73. The lowest BCUT2D eigenvalue weighted by Gasteiger charge is -2.06. The number of hydrogen-bond acceptors (Lipinski definition) is 6. The van der Waals surface area contributed by atoms with Crippen molar-refractivity contribution in [1.29, 1.82) is 0 Å². The van der Waals surface area contributed by atoms with Gasteiger partial charge in [-0.25, -0.2) is 0 Å². The van der Waals surface area contributed by atoms with Crippen LogP contribution in [0.3, 0.4) is 0 Å². The monoisotopic (exact) mass is 447 g/mol. The highest BCUT2D eigenvalue weighted by Crippen LogP contribution is 2.32. The first-order chi connectivity index (χ1) is 12.4. The number of rotatable bonds is 4. The summed E-state index contributed by atoms with van der Waals surface area (Å²) in [6, 6.07) is 13.5. The molecule has 0 atom stereocenters. The summed E-state index contributed by atoms with van der Waals surface area (Å²) in [6.45, 7) is 0. The fourth-order valence-electron chi connectivity index (χ4n) is 2.11. The van der Waals surface area contributed by atoms with Crippen molar-refractivity contribution in [2.45, 2.75) is 0 Å². The van der Waals surface area contributed by atoms with Gasteiger partial charge in [-0.15, -0.1) is 0 Å². The molecule has 6 nitrogen and oxygen atoms in total. The van der Waals surface area contributed by atoms with Gasteiger partial charge >= 0.3 is 0 Å². The maximum absolute atomic E-state index is 12.5. The summed E-state index contributed by atoms with van der Waals surface area (Å²) < 4.78 is 1.25. The van der Waals surface area contributed by atoms with Crippen LogP contribution in [0.4, 0.5) is 5.69 Å². The lowest BCUT2D eigenvalue weighted by atomic mass is 10.2. The predicted molar refractivity (Wildman–Crippen MR) is 110 cm³/mol. The van der Waals surface area contributed by atoms with E-state index in [0.29, 0.717) is 14.8 Å². The zero-order chi connectivity index (χ0) is 18.7. The van der Waals surface area contributed by atoms with Crippen molar-refractivity contribution in [2.75, 3.05) is 0 Å². The number of hydrazone groups is 1. The average Bonchev–Trinajstić information content (AvgIpc) is 2.89. The average molecular weight is 448 g/mol. The topological polar surface area (TPSA) is 75.8 Å². The van der Waals surface area contributed by atoms with E-state index in [1.165, 1.54) is 18.3 Å². The second-order valence-corrected chi connectivity index (χ2v) is 7.73. The van der Waals surface area contributed by atoms with Crippen LogP contribution >= 0.6 is 39.9 Å². The SMILES string of the molecule is O=C1/C(=C\c2ccc(Br)cc2)SC(=S)N1/N=C/c1cccc([N+](=O)[O-])c1. The number of nitro groups is 1. The molecular weight excluding hydrogens is 438 g/mol. The Labute approximate surface area is 166 Å². The van der Waals surface area contributed by atoms with E-state index in [4.69, 9.17) is 12.2 Å². The minimum absolute atomic E-state index is 0.0468. The van der Waals surface area contributed by atoms with E-state index in [0.717, 1.165) is 26.8 Å². The van der Waals surface area contributed by atoms with E-state index in [1.54, 1.807) is 18.2 Å². The highest BCUT2D eigenvalue weighted by Gasteiger charge is 2.32. The number of nitrogens with zero attached hydrogens (tertiary/aromatic N) is 3. The number of halogens is 1. The van der Waals surface area contributed by atoms with Gasteiger partial charge in [0, 0.05) is 22.2 Å². The van der Waals surface area contributed by atoms with Crippen molar-refractivity contribution >= 4 is 68.1 Å². The van der Waals surface area contributed by atoms with Crippen molar-refractivity contribution < 1.29 is 9.72 Å². The number of hydrogen-bond donors (Lipinski definition) is 0. The van der Waals surface area contributed by atoms with E-state index in [1.807, 2.05) is 24.3 Å². The van der Waals surface area contributed by atoms with Gasteiger partial charge in [0.05, 0.1) is 16.0 Å². The molecule has 0 spiro atoms. The zero-order valence-corrected chi connectivity index (χ0v) is 16.3. The number of amides is 1. The Bertz CT molecular complexity index is 958. The van der Waals surface area contributed by atoms with Gasteiger partial charge in [0.25, 0.3) is 11.6 Å². The Hall–Kier alpha value is -2.36. The van der Waals surface area contributed by atoms with Crippen LogP contribution < -0.4 is 0 Å². The molecule has 1 aliphatic rings. The van der Waals surface area contributed by atoms with Crippen LogP contribution in [0, 0.1) is 10.1 Å². The smallest absolute Gasteiger partial charge is 0.266 e. The Balaban J connectivity index is 1.80. The molecular formula is C17H10BrN3O3S2. The van der Waals surface area contributed by atoms with Gasteiger partial charge in [-0.05, 0) is 36.0 Å². The van der Waals surface area contributed by atoms with Crippen LogP contribution in [0.5, 0.6) is 0 Å². The molecule has 2 aromatic carbocycles. The molecule has 0 radical (unpaired) electrons. The first kappa shape index (κ1) is 18.4. The van der Waals surface area contributed by atoms with Crippen LogP contribution in [0.1, 0.15) is 11.1 Å². The number of benzene rings is 2. The van der Waals surface area contributed by atoms with Crippen LogP contribution in [0.15, 0.2) is 63.0 Å². The van der Waals surface area contributed by atoms with E-state index in [-0.39, 0.29) is 11.6 Å². The number of carbonyl (C=O) groups excluding carboxylic acids is 1. The molecule has 0 saturated carbocycles. The number of thioether (sulfide) groups is 1. The third-order valence-electron chi connectivity index (χ3n) is 3.34. The van der Waals surface area contributed by atoms with Gasteiger partial charge in [-0.2, -0.15) is 10.1 Å². The Morgan fingerprint density at radius 3 is 2.62 bits per heavy atom. The molecule has 1 heterocycles. The lowest BCUT2D eigenvalue weighted by Crippen LogP contribution is -2.22. The fourth-order valence-corrected chi connectivity index (χ4v) is 3.55. The standard InChI is InChI=1S/C17H10BrN3O3S2/c18-13-6-4-11(5-7-13)9-15-16(22)20(17(25)26-15)19-10-12-2-1-3-14(8-12)21(23)24/h1-10H/b15-9+,19-10+. The first-order valence-corrected chi connectivity index (χ1v) is 9.28. The number of non-ortho nitro benzene ring substituents is 1. The van der Waals surface area contributed by atoms with Gasteiger partial charge in [-0.3, -0.25) is 14.9 Å². The molecule has 0 aromatic heterocycles. The van der Waals surface area contributed by atoms with Crippen LogP contribution in [-0.4, -0.2) is 26.4 Å². The van der Waals surface area contributed by atoms with Crippen molar-refractivity contribution in [1.82, 2.24) is 5.01 Å². The quantitative estimate of drug-likeness (QED) is 0.225. The van der Waals surface area contributed by atoms with Crippen molar-refractivity contribution in [2.24, 2.45) is 5.10 Å². The third-order valence-corrected chi connectivity index (χ3v) is 5.16. The zero-order valence-electron chi connectivity index (χ0n) is 13.0. The second-order valence-electron chi connectivity index (χ2n) is 5.14. The van der Waals surface area contributed by atoms with E-state index in [9.17, 15) is 14.9 Å². The summed E-state index contributed by atoms with van der Waals surface area (Å²) in [4.78, 5) is 23.3. The summed E-state index contributed by atoms with van der Waals surface area (Å²) in [7, 11) is 0. The van der Waals surface area contributed by atoms with Gasteiger partial charge in [0.15, 0.2) is 4.32 Å². The van der Waals surface area contributed by atoms with Gasteiger partial charge in [-0.1, -0.05) is 52.0 Å². The molecule has 0 aliphatic carbocycles. The Kier molecular flexibility index (Phi) is 5.60. The van der Waals surface area contributed by atoms with Gasteiger partial charge < -0.3 is 0 Å². The first-order valence-electron chi connectivity index (χ1n) is 7.26. The van der Waals surface area contributed by atoms with Crippen molar-refractivity contribution in [3.05, 3.63) is 79.2 Å². The number of carbonyl (C=O) groups is 1. The Morgan fingerprint density at radius 2 is 1.92 bits per heavy atom. The summed E-state index contributed by atoms with van der Waals surface area (Å²) in [5, 5.41) is 16.0. The van der Waals surface area contributed by atoms with E-state index >= 15 is 0 Å². The van der Waals surface area contributed by atoms with Crippen LogP contribution in [0.2, 0.25) is 0 Å². The molecule has 1 aliphatic heterocycles. The summed E-state index contributed by atoms with van der Waals surface area (Å²) in [5.41, 5.74) is 1.33. The van der Waals surface area contributed by atoms with Crippen molar-refractivity contribution in [3.63, 3.8) is 0 Å². The maximum Gasteiger partial charge on any atom is 0.286 e. The summed E-state index contributed by atoms with van der Waals surface area (Å²) in [5.74, 6) is -0.329. The minimum Gasteiger partial charge on any atom is -0.266 e. The number of thiocarbonyl (C=S) groups is 1. The second kappa shape index (κ2) is 7.90. The fraction of sp³-hybridized carbons (Fsp3) is 0. The van der Waals surface area contributed by atoms with Gasteiger partial charge in [0.1, 0.15) is 0 Å². The Morgan fingerprint density at radius 1 is 1.19 bits per heavy atom. The molecule has 0 N–H and O–H groups in total. The van der Waals surface area contributed by atoms with E-state index < -0.39 is 4.92 Å². The molecule has 3 rings (SSSR count). The molecule has 1 saturated heterocycles. The predicted octanol–water partition coefficient (Wildman–Crippen LogP) is 4.59. The lowest BCUT2D eigenvalue weighted by molar-refractivity contribution is -0.384.